The van der Waals surface area contributed by atoms with Crippen molar-refractivity contribution in [3.8, 4) is 0 Å². The van der Waals surface area contributed by atoms with E-state index >= 15 is 0 Å². The highest BCUT2D eigenvalue weighted by atomic mass is 19.4. The second-order valence-corrected chi connectivity index (χ2v) is 12.2. The third-order valence-electron chi connectivity index (χ3n) is 10.9. The standard InChI is InChI=1S/C25H38F6O2/c1-21-11-10-19-17(18(21)9-7-15(21)4-3-5-20(32)24(26,27)28)8-6-16-14-23(33,25(29,30)31)13-12-22(16,19)2/h15-20,32-33H,3-14H2,1-2H3/t15-,16+,17+,18+,19+,20-,21-,22+,23+/m1/s1. The molecule has 0 aliphatic heterocycles. The van der Waals surface area contributed by atoms with Crippen LogP contribution in [0.1, 0.15) is 90.9 Å². The summed E-state index contributed by atoms with van der Waals surface area (Å²) in [6.07, 6.45) is -5.08. The summed E-state index contributed by atoms with van der Waals surface area (Å²) in [7, 11) is 0. The van der Waals surface area contributed by atoms with Crippen molar-refractivity contribution < 1.29 is 36.6 Å². The zero-order chi connectivity index (χ0) is 24.4. The SMILES string of the molecule is C[C@]12CC[C@@](O)(C(F)(F)F)C[C@@H]1CC[C@@H]1[C@@H]2CC[C@]2(C)[C@H](CCC[C@@H](O)C(F)(F)F)CC[C@@H]12. The van der Waals surface area contributed by atoms with E-state index in [9.17, 15) is 36.6 Å². The van der Waals surface area contributed by atoms with Gasteiger partial charge in [-0.25, -0.2) is 0 Å². The number of hydrogen-bond acceptors (Lipinski definition) is 2. The normalized spacial score (nSPS) is 46.9. The molecule has 4 aliphatic rings. The van der Waals surface area contributed by atoms with Gasteiger partial charge in [0.25, 0.3) is 0 Å². The van der Waals surface area contributed by atoms with E-state index in [1.807, 2.05) is 0 Å². The van der Waals surface area contributed by atoms with Gasteiger partial charge in [-0.15, -0.1) is 0 Å². The maximum atomic E-state index is 13.5. The Morgan fingerprint density at radius 3 is 2.15 bits per heavy atom. The molecule has 33 heavy (non-hydrogen) atoms. The van der Waals surface area contributed by atoms with E-state index in [0.717, 1.165) is 32.1 Å². The molecule has 0 unspecified atom stereocenters. The molecule has 192 valence electrons. The van der Waals surface area contributed by atoms with Crippen LogP contribution >= 0.6 is 0 Å². The van der Waals surface area contributed by atoms with Crippen LogP contribution in [-0.4, -0.2) is 34.3 Å². The summed E-state index contributed by atoms with van der Waals surface area (Å²) >= 11 is 0. The molecule has 8 heteroatoms. The molecular formula is C25H38F6O2. The van der Waals surface area contributed by atoms with E-state index < -0.39 is 24.1 Å². The molecule has 9 atom stereocenters. The average Bonchev–Trinajstić information content (AvgIpc) is 3.03. The van der Waals surface area contributed by atoms with E-state index in [2.05, 4.69) is 13.8 Å². The first-order valence-corrected chi connectivity index (χ1v) is 12.7. The van der Waals surface area contributed by atoms with Gasteiger partial charge in [0, 0.05) is 0 Å². The summed E-state index contributed by atoms with van der Waals surface area (Å²) in [5.41, 5.74) is -2.68. The lowest BCUT2D eigenvalue weighted by Crippen LogP contribution is -2.59. The number of hydrogen-bond donors (Lipinski definition) is 2. The van der Waals surface area contributed by atoms with Crippen LogP contribution in [-0.2, 0) is 0 Å². The molecule has 0 spiro atoms. The summed E-state index contributed by atoms with van der Waals surface area (Å²) < 4.78 is 78.4. The van der Waals surface area contributed by atoms with E-state index in [-0.39, 0.29) is 36.0 Å². The quantitative estimate of drug-likeness (QED) is 0.421. The van der Waals surface area contributed by atoms with Gasteiger partial charge in [-0.1, -0.05) is 20.3 Å². The molecule has 0 amide bonds. The first-order chi connectivity index (χ1) is 15.1. The van der Waals surface area contributed by atoms with Crippen LogP contribution < -0.4 is 0 Å². The molecule has 4 fully saturated rings. The Labute approximate surface area is 192 Å². The van der Waals surface area contributed by atoms with Crippen LogP contribution in [0.3, 0.4) is 0 Å². The van der Waals surface area contributed by atoms with Crippen LogP contribution in [0.2, 0.25) is 0 Å². The van der Waals surface area contributed by atoms with E-state index in [1.165, 1.54) is 0 Å². The summed E-state index contributed by atoms with van der Waals surface area (Å²) in [4.78, 5) is 0. The summed E-state index contributed by atoms with van der Waals surface area (Å²) in [5, 5.41) is 19.7. The highest BCUT2D eigenvalue weighted by molar-refractivity contribution is 5.11. The molecule has 4 aliphatic carbocycles. The van der Waals surface area contributed by atoms with E-state index in [1.54, 1.807) is 0 Å². The van der Waals surface area contributed by atoms with Gasteiger partial charge in [0.2, 0.25) is 0 Å². The molecule has 0 heterocycles. The van der Waals surface area contributed by atoms with E-state index in [0.29, 0.717) is 49.4 Å². The van der Waals surface area contributed by atoms with Gasteiger partial charge >= 0.3 is 12.4 Å². The fourth-order valence-corrected chi connectivity index (χ4v) is 8.81. The molecule has 4 saturated carbocycles. The Hall–Kier alpha value is -0.500. The molecule has 0 aromatic carbocycles. The van der Waals surface area contributed by atoms with Crippen LogP contribution in [0.4, 0.5) is 26.3 Å². The van der Waals surface area contributed by atoms with Crippen molar-refractivity contribution in [1.29, 1.82) is 0 Å². The molecule has 0 bridgehead atoms. The maximum Gasteiger partial charge on any atom is 0.417 e. The van der Waals surface area contributed by atoms with Gasteiger partial charge in [-0.2, -0.15) is 26.3 Å². The van der Waals surface area contributed by atoms with Crippen LogP contribution in [0, 0.1) is 40.4 Å². The smallest absolute Gasteiger partial charge is 0.384 e. The van der Waals surface area contributed by atoms with Gasteiger partial charge in [-0.05, 0) is 111 Å². The molecule has 0 radical (unpaired) electrons. The molecule has 0 aromatic rings. The highest BCUT2D eigenvalue weighted by Crippen LogP contribution is 2.69. The van der Waals surface area contributed by atoms with Crippen molar-refractivity contribution in [2.45, 2.75) is 115 Å². The molecule has 4 rings (SSSR count). The fraction of sp³-hybridized carbons (Fsp3) is 1.00. The predicted molar refractivity (Wildman–Crippen MR) is 112 cm³/mol. The summed E-state index contributed by atoms with van der Waals surface area (Å²) in [6.45, 7) is 4.43. The zero-order valence-corrected chi connectivity index (χ0v) is 19.6. The lowest BCUT2D eigenvalue weighted by atomic mass is 9.43. The lowest BCUT2D eigenvalue weighted by Gasteiger charge is -2.62. The van der Waals surface area contributed by atoms with Crippen molar-refractivity contribution in [1.82, 2.24) is 0 Å². The Kier molecular flexibility index (Phi) is 6.42. The summed E-state index contributed by atoms with van der Waals surface area (Å²) in [5.74, 6) is 1.50. The maximum absolute atomic E-state index is 13.5. The van der Waals surface area contributed by atoms with Crippen LogP contribution in [0.15, 0.2) is 0 Å². The second-order valence-electron chi connectivity index (χ2n) is 12.2. The number of halogens is 6. The van der Waals surface area contributed by atoms with Crippen molar-refractivity contribution in [3.63, 3.8) is 0 Å². The third-order valence-corrected chi connectivity index (χ3v) is 10.9. The Morgan fingerprint density at radius 2 is 1.52 bits per heavy atom. The number of alkyl halides is 6. The van der Waals surface area contributed by atoms with Gasteiger partial charge in [0.15, 0.2) is 5.60 Å². The molecule has 0 aromatic heterocycles. The molecular weight excluding hydrogens is 446 g/mol. The van der Waals surface area contributed by atoms with Crippen molar-refractivity contribution >= 4 is 0 Å². The Balaban J connectivity index is 1.43. The minimum absolute atomic E-state index is 0.0644. The number of fused-ring (bicyclic) bond motifs is 5. The third kappa shape index (κ3) is 4.23. The molecule has 0 saturated heterocycles. The predicted octanol–water partition coefficient (Wildman–Crippen LogP) is 7.03. The first kappa shape index (κ1) is 25.6. The average molecular weight is 485 g/mol. The number of aliphatic hydroxyl groups is 2. The second kappa shape index (κ2) is 8.28. The Morgan fingerprint density at radius 1 is 0.848 bits per heavy atom. The van der Waals surface area contributed by atoms with Crippen molar-refractivity contribution in [2.24, 2.45) is 40.4 Å². The Bertz CT molecular complexity index is 723. The molecule has 2 N–H and O–H groups in total. The number of rotatable bonds is 4. The minimum Gasteiger partial charge on any atom is -0.384 e. The largest absolute Gasteiger partial charge is 0.417 e. The fourth-order valence-electron chi connectivity index (χ4n) is 8.81. The number of aliphatic hydroxyl groups excluding tert-OH is 1. The zero-order valence-electron chi connectivity index (χ0n) is 19.6. The van der Waals surface area contributed by atoms with Gasteiger partial charge in [0.05, 0.1) is 0 Å². The van der Waals surface area contributed by atoms with Gasteiger partial charge in [0.1, 0.15) is 6.10 Å². The highest BCUT2D eigenvalue weighted by Gasteiger charge is 2.64. The lowest BCUT2D eigenvalue weighted by molar-refractivity contribution is -0.290. The monoisotopic (exact) mass is 484 g/mol. The van der Waals surface area contributed by atoms with Gasteiger partial charge in [-0.3, -0.25) is 0 Å². The molecule has 2 nitrogen and oxygen atoms in total. The van der Waals surface area contributed by atoms with Crippen molar-refractivity contribution in [2.75, 3.05) is 0 Å². The topological polar surface area (TPSA) is 40.5 Å². The van der Waals surface area contributed by atoms with E-state index in [4.69, 9.17) is 0 Å². The minimum atomic E-state index is -4.59. The van der Waals surface area contributed by atoms with Crippen molar-refractivity contribution in [3.05, 3.63) is 0 Å². The van der Waals surface area contributed by atoms with Crippen LogP contribution in [0.25, 0.3) is 0 Å². The summed E-state index contributed by atoms with van der Waals surface area (Å²) in [6, 6.07) is 0. The van der Waals surface area contributed by atoms with Gasteiger partial charge < -0.3 is 10.2 Å². The van der Waals surface area contributed by atoms with Crippen LogP contribution in [0.5, 0.6) is 0 Å². The first-order valence-electron chi connectivity index (χ1n) is 12.7.